The predicted octanol–water partition coefficient (Wildman–Crippen LogP) is 1.39. The molecule has 4 nitrogen and oxygen atoms in total. The van der Waals surface area contributed by atoms with Crippen LogP contribution in [0, 0.1) is 0 Å². The zero-order valence-corrected chi connectivity index (χ0v) is 9.19. The number of aromatic hydroxyl groups is 1. The third kappa shape index (κ3) is 2.27. The van der Waals surface area contributed by atoms with Gasteiger partial charge >= 0.3 is 0 Å². The van der Waals surface area contributed by atoms with Gasteiger partial charge in [-0.15, -0.1) is 0 Å². The second kappa shape index (κ2) is 4.43. The van der Waals surface area contributed by atoms with E-state index >= 15 is 0 Å². The second-order valence-corrected chi connectivity index (χ2v) is 3.99. The van der Waals surface area contributed by atoms with Crippen LogP contribution in [-0.4, -0.2) is 24.2 Å². The number of nitrogens with one attached hydrogen (secondary N) is 1. The van der Waals surface area contributed by atoms with Crippen molar-refractivity contribution >= 4 is 5.91 Å². The lowest BCUT2D eigenvalue weighted by Gasteiger charge is -2.26. The van der Waals surface area contributed by atoms with Crippen molar-refractivity contribution in [3.8, 4) is 11.5 Å². The van der Waals surface area contributed by atoms with E-state index in [1.807, 2.05) is 6.07 Å². The number of carbonyl (C=O) groups is 1. The normalized spacial score (nSPS) is 18.4. The van der Waals surface area contributed by atoms with Crippen LogP contribution < -0.4 is 10.1 Å². The molecule has 86 valence electrons. The highest BCUT2D eigenvalue weighted by Gasteiger charge is 2.21. The Morgan fingerprint density at radius 3 is 3.19 bits per heavy atom. The van der Waals surface area contributed by atoms with Crippen LogP contribution in [0.4, 0.5) is 0 Å². The number of rotatable bonds is 2. The summed E-state index contributed by atoms with van der Waals surface area (Å²) in [5.41, 5.74) is 1.05. The molecular weight excluding hydrogens is 206 g/mol. The number of hydrogen-bond acceptors (Lipinski definition) is 3. The molecule has 1 heterocycles. The molecule has 0 radical (unpaired) electrons. The largest absolute Gasteiger partial charge is 0.508 e. The number of benzene rings is 1. The summed E-state index contributed by atoms with van der Waals surface area (Å²) in [7, 11) is 0. The molecule has 1 aliphatic heterocycles. The van der Waals surface area contributed by atoms with Crippen molar-refractivity contribution in [2.75, 3.05) is 13.2 Å². The first kappa shape index (κ1) is 10.8. The topological polar surface area (TPSA) is 58.6 Å². The lowest BCUT2D eigenvalue weighted by atomic mass is 9.93. The first-order valence-electron chi connectivity index (χ1n) is 5.37. The van der Waals surface area contributed by atoms with Gasteiger partial charge < -0.3 is 15.2 Å². The molecule has 0 fully saturated rings. The third-order valence-electron chi connectivity index (χ3n) is 2.76. The fourth-order valence-electron chi connectivity index (χ4n) is 1.93. The average Bonchev–Trinajstić information content (AvgIpc) is 2.25. The van der Waals surface area contributed by atoms with Gasteiger partial charge in [-0.3, -0.25) is 4.79 Å². The quantitative estimate of drug-likeness (QED) is 0.793. The smallest absolute Gasteiger partial charge is 0.216 e. The maximum absolute atomic E-state index is 10.9. The van der Waals surface area contributed by atoms with E-state index in [0.29, 0.717) is 13.2 Å². The highest BCUT2D eigenvalue weighted by atomic mass is 16.5. The van der Waals surface area contributed by atoms with Gasteiger partial charge in [0.05, 0.1) is 6.61 Å². The van der Waals surface area contributed by atoms with Gasteiger partial charge in [0.1, 0.15) is 11.5 Å². The van der Waals surface area contributed by atoms with E-state index in [9.17, 15) is 9.90 Å². The Morgan fingerprint density at radius 1 is 1.62 bits per heavy atom. The van der Waals surface area contributed by atoms with Crippen LogP contribution in [0.3, 0.4) is 0 Å². The Morgan fingerprint density at radius 2 is 2.44 bits per heavy atom. The van der Waals surface area contributed by atoms with Gasteiger partial charge in [0.25, 0.3) is 0 Å². The van der Waals surface area contributed by atoms with E-state index in [1.54, 1.807) is 12.1 Å². The molecule has 2 N–H and O–H groups in total. The molecule has 0 bridgehead atoms. The number of fused-ring (bicyclic) bond motifs is 1. The Labute approximate surface area is 94.2 Å². The lowest BCUT2D eigenvalue weighted by molar-refractivity contribution is -0.119. The Kier molecular flexibility index (Phi) is 2.99. The highest BCUT2D eigenvalue weighted by molar-refractivity contribution is 5.72. The summed E-state index contributed by atoms with van der Waals surface area (Å²) in [5.74, 6) is 1.18. The van der Waals surface area contributed by atoms with Crippen molar-refractivity contribution in [1.82, 2.24) is 5.32 Å². The van der Waals surface area contributed by atoms with Gasteiger partial charge in [0.2, 0.25) is 5.91 Å². The van der Waals surface area contributed by atoms with Gasteiger partial charge in [-0.25, -0.2) is 0 Å². The number of amides is 1. The second-order valence-electron chi connectivity index (χ2n) is 3.99. The van der Waals surface area contributed by atoms with Gasteiger partial charge in [-0.2, -0.15) is 0 Å². The molecule has 4 heteroatoms. The van der Waals surface area contributed by atoms with E-state index in [2.05, 4.69) is 5.32 Å². The molecular formula is C12H15NO3. The first-order chi connectivity index (χ1) is 7.66. The maximum atomic E-state index is 10.9. The summed E-state index contributed by atoms with van der Waals surface area (Å²) in [6.07, 6.45) is 0.887. The molecule has 1 aliphatic rings. The Hall–Kier alpha value is -1.71. The fraction of sp³-hybridized carbons (Fsp3) is 0.417. The summed E-state index contributed by atoms with van der Waals surface area (Å²) in [6, 6.07) is 5.12. The summed E-state index contributed by atoms with van der Waals surface area (Å²) in [4.78, 5) is 10.9. The number of ether oxygens (including phenoxy) is 1. The minimum Gasteiger partial charge on any atom is -0.508 e. The lowest BCUT2D eigenvalue weighted by Crippen LogP contribution is -2.28. The van der Waals surface area contributed by atoms with E-state index in [0.717, 1.165) is 17.7 Å². The molecule has 0 saturated heterocycles. The van der Waals surface area contributed by atoms with Crippen LogP contribution in [0.1, 0.15) is 24.8 Å². The molecule has 1 amide bonds. The molecule has 0 spiro atoms. The molecule has 1 unspecified atom stereocenters. The van der Waals surface area contributed by atoms with Gasteiger partial charge in [-0.1, -0.05) is 6.07 Å². The molecule has 2 rings (SSSR count). The van der Waals surface area contributed by atoms with Crippen LogP contribution in [0.2, 0.25) is 0 Å². The van der Waals surface area contributed by atoms with Crippen molar-refractivity contribution in [2.24, 2.45) is 0 Å². The van der Waals surface area contributed by atoms with Gasteiger partial charge in [0.15, 0.2) is 0 Å². The summed E-state index contributed by atoms with van der Waals surface area (Å²) < 4.78 is 5.47. The van der Waals surface area contributed by atoms with Crippen molar-refractivity contribution in [2.45, 2.75) is 19.3 Å². The zero-order valence-electron chi connectivity index (χ0n) is 9.19. The summed E-state index contributed by atoms with van der Waals surface area (Å²) in [6.45, 7) is 2.76. The van der Waals surface area contributed by atoms with E-state index < -0.39 is 0 Å². The van der Waals surface area contributed by atoms with Crippen LogP contribution in [0.25, 0.3) is 0 Å². The number of phenolic OH excluding ortho intramolecular Hbond substituents is 1. The van der Waals surface area contributed by atoms with Crippen LogP contribution in [-0.2, 0) is 4.79 Å². The number of hydrogen-bond donors (Lipinski definition) is 2. The van der Waals surface area contributed by atoms with Gasteiger partial charge in [-0.05, 0) is 18.1 Å². The third-order valence-corrected chi connectivity index (χ3v) is 2.76. The Balaban J connectivity index is 2.16. The van der Waals surface area contributed by atoms with Gasteiger partial charge in [0, 0.05) is 25.5 Å². The van der Waals surface area contributed by atoms with Crippen molar-refractivity contribution < 1.29 is 14.6 Å². The molecule has 1 aromatic carbocycles. The fourth-order valence-corrected chi connectivity index (χ4v) is 1.93. The van der Waals surface area contributed by atoms with Crippen molar-refractivity contribution in [3.05, 3.63) is 23.8 Å². The first-order valence-corrected chi connectivity index (χ1v) is 5.37. The van der Waals surface area contributed by atoms with Crippen LogP contribution in [0.15, 0.2) is 18.2 Å². The monoisotopic (exact) mass is 221 g/mol. The standard InChI is InChI=1S/C12H15NO3/c1-8(14)13-7-9-4-5-16-12-6-10(15)2-3-11(9)12/h2-3,6,9,15H,4-5,7H2,1H3,(H,13,14). The Bertz CT molecular complexity index is 403. The highest BCUT2D eigenvalue weighted by Crippen LogP contribution is 2.35. The van der Waals surface area contributed by atoms with E-state index in [4.69, 9.17) is 4.74 Å². The summed E-state index contributed by atoms with van der Waals surface area (Å²) in [5, 5.41) is 12.2. The number of carbonyl (C=O) groups excluding carboxylic acids is 1. The molecule has 0 aliphatic carbocycles. The van der Waals surface area contributed by atoms with Crippen LogP contribution in [0.5, 0.6) is 11.5 Å². The molecule has 0 saturated carbocycles. The molecule has 0 aromatic heterocycles. The zero-order chi connectivity index (χ0) is 11.5. The molecule has 1 aromatic rings. The average molecular weight is 221 g/mol. The minimum absolute atomic E-state index is 0.0215. The number of phenols is 1. The molecule has 16 heavy (non-hydrogen) atoms. The van der Waals surface area contributed by atoms with Crippen LogP contribution >= 0.6 is 0 Å². The van der Waals surface area contributed by atoms with Crippen molar-refractivity contribution in [3.63, 3.8) is 0 Å². The molecule has 1 atom stereocenters. The van der Waals surface area contributed by atoms with Crippen molar-refractivity contribution in [1.29, 1.82) is 0 Å². The van der Waals surface area contributed by atoms with E-state index in [-0.39, 0.29) is 17.6 Å². The summed E-state index contributed by atoms with van der Waals surface area (Å²) >= 11 is 0. The minimum atomic E-state index is -0.0215. The van der Waals surface area contributed by atoms with E-state index in [1.165, 1.54) is 6.92 Å². The maximum Gasteiger partial charge on any atom is 0.216 e. The SMILES string of the molecule is CC(=O)NCC1CCOc2cc(O)ccc21. The predicted molar refractivity (Wildman–Crippen MR) is 59.6 cm³/mol.